The van der Waals surface area contributed by atoms with Crippen molar-refractivity contribution in [1.82, 2.24) is 4.98 Å². The molecule has 0 saturated carbocycles. The fraction of sp³-hybridized carbons (Fsp3) is 0.267. The average molecular weight is 245 g/mol. The highest BCUT2D eigenvalue weighted by Gasteiger charge is 2.09. The van der Waals surface area contributed by atoms with E-state index in [-0.39, 0.29) is 0 Å². The van der Waals surface area contributed by atoms with E-state index in [9.17, 15) is 9.50 Å². The molecule has 0 spiro atoms. The molecule has 0 aliphatic heterocycles. The van der Waals surface area contributed by atoms with Crippen LogP contribution in [0, 0.1) is 12.7 Å². The Morgan fingerprint density at radius 2 is 1.94 bits per heavy atom. The topological polar surface area (TPSA) is 33.1 Å². The molecule has 0 amide bonds. The number of rotatable bonds is 4. The second kappa shape index (κ2) is 5.74. The lowest BCUT2D eigenvalue weighted by Crippen LogP contribution is -2.01. The molecule has 1 atom stereocenters. The maximum atomic E-state index is 13.0. The van der Waals surface area contributed by atoms with E-state index in [0.29, 0.717) is 12.0 Å². The van der Waals surface area contributed by atoms with Crippen molar-refractivity contribution in [3.8, 4) is 0 Å². The van der Waals surface area contributed by atoms with Crippen LogP contribution in [0.3, 0.4) is 0 Å². The minimum absolute atomic E-state index is 0.415. The molecule has 2 aromatic rings. The molecule has 1 unspecified atom stereocenters. The lowest BCUT2D eigenvalue weighted by Gasteiger charge is -2.10. The average Bonchev–Trinajstić information content (AvgIpc) is 2.38. The number of halogens is 1. The van der Waals surface area contributed by atoms with Gasteiger partial charge in [0.1, 0.15) is 5.82 Å². The molecule has 2 rings (SSSR count). The maximum absolute atomic E-state index is 13.0. The van der Waals surface area contributed by atoms with Gasteiger partial charge in [-0.1, -0.05) is 29.8 Å². The molecule has 0 fully saturated rings. The third-order valence-corrected chi connectivity index (χ3v) is 2.94. The molecular weight excluding hydrogens is 229 g/mol. The first-order valence-electron chi connectivity index (χ1n) is 5.99. The minimum Gasteiger partial charge on any atom is -0.388 e. The quantitative estimate of drug-likeness (QED) is 0.897. The highest BCUT2D eigenvalue weighted by Crippen LogP contribution is 2.19. The van der Waals surface area contributed by atoms with E-state index in [1.807, 2.05) is 31.2 Å². The largest absolute Gasteiger partial charge is 0.388 e. The Labute approximate surface area is 106 Å². The highest BCUT2D eigenvalue weighted by molar-refractivity contribution is 5.22. The summed E-state index contributed by atoms with van der Waals surface area (Å²) in [5, 5.41) is 9.95. The molecule has 0 radical (unpaired) electrons. The van der Waals surface area contributed by atoms with Gasteiger partial charge in [0.05, 0.1) is 12.3 Å². The zero-order valence-corrected chi connectivity index (χ0v) is 10.3. The van der Waals surface area contributed by atoms with Crippen molar-refractivity contribution < 1.29 is 9.50 Å². The number of pyridine rings is 1. The molecule has 1 aromatic carbocycles. The van der Waals surface area contributed by atoms with Gasteiger partial charge in [0.15, 0.2) is 0 Å². The number of hydrogen-bond acceptors (Lipinski definition) is 2. The van der Waals surface area contributed by atoms with Crippen molar-refractivity contribution in [2.45, 2.75) is 25.9 Å². The number of aliphatic hydroxyl groups is 1. The van der Waals surface area contributed by atoms with Crippen LogP contribution in [0.4, 0.5) is 4.39 Å². The summed E-state index contributed by atoms with van der Waals surface area (Å²) < 4.78 is 13.0. The van der Waals surface area contributed by atoms with Gasteiger partial charge in [0.25, 0.3) is 0 Å². The Morgan fingerprint density at radius 3 is 2.61 bits per heavy atom. The van der Waals surface area contributed by atoms with E-state index in [0.717, 1.165) is 12.6 Å². The summed E-state index contributed by atoms with van der Waals surface area (Å²) in [7, 11) is 0. The first-order chi connectivity index (χ1) is 8.65. The van der Waals surface area contributed by atoms with Crippen molar-refractivity contribution in [3.63, 3.8) is 0 Å². The summed E-state index contributed by atoms with van der Waals surface area (Å²) in [6.07, 6.45) is 3.29. The molecule has 0 aliphatic rings. The van der Waals surface area contributed by atoms with E-state index in [1.54, 1.807) is 0 Å². The number of aryl methyl sites for hydroxylation is 2. The van der Waals surface area contributed by atoms with Crippen LogP contribution in [-0.2, 0) is 6.42 Å². The molecule has 2 nitrogen and oxygen atoms in total. The van der Waals surface area contributed by atoms with Crippen LogP contribution >= 0.6 is 0 Å². The third kappa shape index (κ3) is 3.37. The Kier molecular flexibility index (Phi) is 4.05. The molecule has 0 saturated heterocycles. The fourth-order valence-corrected chi connectivity index (χ4v) is 1.84. The van der Waals surface area contributed by atoms with Crippen LogP contribution in [-0.4, -0.2) is 10.1 Å². The van der Waals surface area contributed by atoms with Gasteiger partial charge in [-0.15, -0.1) is 0 Å². The predicted octanol–water partition coefficient (Wildman–Crippen LogP) is 3.20. The van der Waals surface area contributed by atoms with Gasteiger partial charge in [0.2, 0.25) is 0 Å². The van der Waals surface area contributed by atoms with Gasteiger partial charge < -0.3 is 5.11 Å². The number of aliphatic hydroxyl groups excluding tert-OH is 1. The number of hydrogen-bond donors (Lipinski definition) is 1. The van der Waals surface area contributed by atoms with Crippen molar-refractivity contribution in [2.75, 3.05) is 0 Å². The summed E-state index contributed by atoms with van der Waals surface area (Å²) in [5.41, 5.74) is 2.92. The summed E-state index contributed by atoms with van der Waals surface area (Å²) >= 11 is 0. The van der Waals surface area contributed by atoms with E-state index in [2.05, 4.69) is 4.98 Å². The molecule has 1 N–H and O–H groups in total. The molecule has 0 aliphatic carbocycles. The van der Waals surface area contributed by atoms with Crippen molar-refractivity contribution >= 4 is 0 Å². The van der Waals surface area contributed by atoms with Crippen molar-refractivity contribution in [3.05, 3.63) is 65.2 Å². The van der Waals surface area contributed by atoms with Gasteiger partial charge in [-0.25, -0.2) is 4.39 Å². The standard InChI is InChI=1S/C15H16FNO/c1-11-2-4-12(5-3-11)6-7-15(18)13-8-14(16)10-17-9-13/h2-5,8-10,15,18H,6-7H2,1H3. The molecule has 18 heavy (non-hydrogen) atoms. The first kappa shape index (κ1) is 12.7. The van der Waals surface area contributed by atoms with E-state index in [1.165, 1.54) is 23.4 Å². The molecule has 94 valence electrons. The summed E-state index contributed by atoms with van der Waals surface area (Å²) in [5.74, 6) is -0.415. The van der Waals surface area contributed by atoms with E-state index >= 15 is 0 Å². The Morgan fingerprint density at radius 1 is 1.22 bits per heavy atom. The van der Waals surface area contributed by atoms with Gasteiger partial charge in [0, 0.05) is 11.8 Å². The second-order valence-corrected chi connectivity index (χ2v) is 4.48. The van der Waals surface area contributed by atoms with Gasteiger partial charge >= 0.3 is 0 Å². The molecule has 3 heteroatoms. The maximum Gasteiger partial charge on any atom is 0.141 e. The SMILES string of the molecule is Cc1ccc(CCC(O)c2cncc(F)c2)cc1. The van der Waals surface area contributed by atoms with Crippen LogP contribution in [0.15, 0.2) is 42.7 Å². The predicted molar refractivity (Wildman–Crippen MR) is 68.7 cm³/mol. The smallest absolute Gasteiger partial charge is 0.141 e. The van der Waals surface area contributed by atoms with Crippen LogP contribution < -0.4 is 0 Å². The highest BCUT2D eigenvalue weighted by atomic mass is 19.1. The second-order valence-electron chi connectivity index (χ2n) is 4.48. The Balaban J connectivity index is 1.96. The summed E-state index contributed by atoms with van der Waals surface area (Å²) in [4.78, 5) is 3.74. The normalized spacial score (nSPS) is 12.4. The Hall–Kier alpha value is -1.74. The van der Waals surface area contributed by atoms with Crippen molar-refractivity contribution in [1.29, 1.82) is 0 Å². The zero-order valence-electron chi connectivity index (χ0n) is 10.3. The fourth-order valence-electron chi connectivity index (χ4n) is 1.84. The lowest BCUT2D eigenvalue weighted by molar-refractivity contribution is 0.167. The van der Waals surface area contributed by atoms with Crippen LogP contribution in [0.2, 0.25) is 0 Å². The number of benzene rings is 1. The minimum atomic E-state index is -0.672. The first-order valence-corrected chi connectivity index (χ1v) is 5.99. The summed E-state index contributed by atoms with van der Waals surface area (Å²) in [6, 6.07) is 9.52. The molecule has 1 aromatic heterocycles. The third-order valence-electron chi connectivity index (χ3n) is 2.94. The van der Waals surface area contributed by atoms with E-state index in [4.69, 9.17) is 0 Å². The monoisotopic (exact) mass is 245 g/mol. The molecule has 0 bridgehead atoms. The van der Waals surface area contributed by atoms with Crippen LogP contribution in [0.25, 0.3) is 0 Å². The van der Waals surface area contributed by atoms with Crippen LogP contribution in [0.1, 0.15) is 29.2 Å². The number of aromatic nitrogens is 1. The van der Waals surface area contributed by atoms with Crippen LogP contribution in [0.5, 0.6) is 0 Å². The Bertz CT molecular complexity index is 510. The summed E-state index contributed by atoms with van der Waals surface area (Å²) in [6.45, 7) is 2.04. The van der Waals surface area contributed by atoms with Crippen molar-refractivity contribution in [2.24, 2.45) is 0 Å². The lowest BCUT2D eigenvalue weighted by atomic mass is 10.0. The van der Waals surface area contributed by atoms with Gasteiger partial charge in [-0.05, 0) is 31.4 Å². The number of nitrogens with zero attached hydrogens (tertiary/aromatic N) is 1. The van der Waals surface area contributed by atoms with Gasteiger partial charge in [-0.2, -0.15) is 0 Å². The molecule has 1 heterocycles. The zero-order chi connectivity index (χ0) is 13.0. The van der Waals surface area contributed by atoms with E-state index < -0.39 is 11.9 Å². The molecular formula is C15H16FNO. The van der Waals surface area contributed by atoms with Gasteiger partial charge in [-0.3, -0.25) is 4.98 Å².